The van der Waals surface area contributed by atoms with E-state index in [1.54, 1.807) is 24.5 Å². The number of imidazole rings is 1. The van der Waals surface area contributed by atoms with Gasteiger partial charge in [-0.2, -0.15) is 0 Å². The Morgan fingerprint density at radius 3 is 2.88 bits per heavy atom. The van der Waals surface area contributed by atoms with Crippen molar-refractivity contribution in [1.82, 2.24) is 9.55 Å². The fraction of sp³-hybridized carbons (Fsp3) is 0.100. The molecule has 0 spiro atoms. The number of carbonyl (C=O) groups excluding carboxylic acids is 2. The van der Waals surface area contributed by atoms with Crippen molar-refractivity contribution in [3.05, 3.63) is 35.7 Å². The van der Waals surface area contributed by atoms with E-state index >= 15 is 0 Å². The highest BCUT2D eigenvalue weighted by Crippen LogP contribution is 2.22. The maximum absolute atomic E-state index is 11.8. The number of anilines is 1. The molecule has 1 N–H and O–H groups in total. The molecule has 0 aliphatic carbocycles. The Morgan fingerprint density at radius 1 is 1.44 bits per heavy atom. The van der Waals surface area contributed by atoms with Crippen LogP contribution in [0.5, 0.6) is 0 Å². The minimum atomic E-state index is -0.154. The SMILES string of the molecule is CC(=O)Nc1ccc(C(=O)n2ccnc2)s1. The highest BCUT2D eigenvalue weighted by molar-refractivity contribution is 7.18. The maximum Gasteiger partial charge on any atom is 0.273 e. The summed E-state index contributed by atoms with van der Waals surface area (Å²) in [6.45, 7) is 1.43. The second kappa shape index (κ2) is 4.28. The van der Waals surface area contributed by atoms with Crippen LogP contribution in [-0.2, 0) is 4.79 Å². The molecule has 82 valence electrons. The van der Waals surface area contributed by atoms with Crippen molar-refractivity contribution >= 4 is 28.2 Å². The van der Waals surface area contributed by atoms with Crippen molar-refractivity contribution in [2.24, 2.45) is 0 Å². The van der Waals surface area contributed by atoms with Gasteiger partial charge in [0.25, 0.3) is 5.91 Å². The van der Waals surface area contributed by atoms with Crippen LogP contribution in [0.1, 0.15) is 16.6 Å². The monoisotopic (exact) mass is 235 g/mol. The van der Waals surface area contributed by atoms with Crippen LogP contribution in [0.15, 0.2) is 30.9 Å². The number of thiophene rings is 1. The Kier molecular flexibility index (Phi) is 2.82. The van der Waals surface area contributed by atoms with Gasteiger partial charge in [0.15, 0.2) is 0 Å². The van der Waals surface area contributed by atoms with Crippen molar-refractivity contribution in [1.29, 1.82) is 0 Å². The topological polar surface area (TPSA) is 64.0 Å². The lowest BCUT2D eigenvalue weighted by Gasteiger charge is -1.97. The summed E-state index contributed by atoms with van der Waals surface area (Å²) in [4.78, 5) is 27.0. The molecule has 0 fully saturated rings. The molecule has 0 saturated carbocycles. The molecule has 0 bridgehead atoms. The Balaban J connectivity index is 2.19. The van der Waals surface area contributed by atoms with Gasteiger partial charge >= 0.3 is 0 Å². The molecule has 2 aromatic rings. The molecule has 1 amide bonds. The molecule has 16 heavy (non-hydrogen) atoms. The quantitative estimate of drug-likeness (QED) is 0.859. The Morgan fingerprint density at radius 2 is 2.25 bits per heavy atom. The molecule has 0 radical (unpaired) electrons. The third-order valence-corrected chi connectivity index (χ3v) is 2.84. The summed E-state index contributed by atoms with van der Waals surface area (Å²) in [5.74, 6) is -0.303. The van der Waals surface area contributed by atoms with Crippen molar-refractivity contribution in [3.8, 4) is 0 Å². The van der Waals surface area contributed by atoms with E-state index in [1.165, 1.54) is 29.2 Å². The van der Waals surface area contributed by atoms with Gasteiger partial charge in [0, 0.05) is 19.3 Å². The van der Waals surface area contributed by atoms with Gasteiger partial charge in [0.05, 0.1) is 9.88 Å². The second-order valence-electron chi connectivity index (χ2n) is 3.12. The normalized spacial score (nSPS) is 10.1. The minimum absolute atomic E-state index is 0.150. The average Bonchev–Trinajstić information content (AvgIpc) is 2.84. The zero-order valence-electron chi connectivity index (χ0n) is 8.51. The summed E-state index contributed by atoms with van der Waals surface area (Å²) in [6, 6.07) is 3.38. The Labute approximate surface area is 95.7 Å². The van der Waals surface area contributed by atoms with Gasteiger partial charge in [0.1, 0.15) is 6.33 Å². The highest BCUT2D eigenvalue weighted by Gasteiger charge is 2.11. The molecule has 0 aliphatic rings. The van der Waals surface area contributed by atoms with E-state index < -0.39 is 0 Å². The molecule has 0 aromatic carbocycles. The number of amides is 1. The standard InChI is InChI=1S/C10H9N3O2S/c1-7(14)12-9-3-2-8(16-9)10(15)13-5-4-11-6-13/h2-6H,1H3,(H,12,14). The number of nitrogens with zero attached hydrogens (tertiary/aromatic N) is 2. The number of carbonyl (C=O) groups is 2. The molecular formula is C10H9N3O2S. The van der Waals surface area contributed by atoms with E-state index in [9.17, 15) is 9.59 Å². The molecule has 0 atom stereocenters. The van der Waals surface area contributed by atoms with Crippen molar-refractivity contribution in [3.63, 3.8) is 0 Å². The van der Waals surface area contributed by atoms with Crippen LogP contribution >= 0.6 is 11.3 Å². The van der Waals surface area contributed by atoms with E-state index in [-0.39, 0.29) is 11.8 Å². The van der Waals surface area contributed by atoms with Crippen LogP contribution in [0.2, 0.25) is 0 Å². The van der Waals surface area contributed by atoms with Gasteiger partial charge in [0.2, 0.25) is 5.91 Å². The number of hydrogen-bond donors (Lipinski definition) is 1. The third kappa shape index (κ3) is 2.17. The number of nitrogens with one attached hydrogen (secondary N) is 1. The predicted octanol–water partition coefficient (Wildman–Crippen LogP) is 1.59. The fourth-order valence-corrected chi connectivity index (χ4v) is 2.10. The van der Waals surface area contributed by atoms with E-state index in [0.717, 1.165) is 0 Å². The lowest BCUT2D eigenvalue weighted by Crippen LogP contribution is -2.07. The summed E-state index contributed by atoms with van der Waals surface area (Å²) in [7, 11) is 0. The van der Waals surface area contributed by atoms with E-state index in [2.05, 4.69) is 10.3 Å². The lowest BCUT2D eigenvalue weighted by molar-refractivity contribution is -0.114. The predicted molar refractivity (Wildman–Crippen MR) is 60.6 cm³/mol. The summed E-state index contributed by atoms with van der Waals surface area (Å²) in [6.07, 6.45) is 4.57. The lowest BCUT2D eigenvalue weighted by atomic mass is 10.4. The highest BCUT2D eigenvalue weighted by atomic mass is 32.1. The first-order valence-electron chi connectivity index (χ1n) is 4.57. The van der Waals surface area contributed by atoms with Crippen LogP contribution in [0.4, 0.5) is 5.00 Å². The maximum atomic E-state index is 11.8. The molecule has 0 unspecified atom stereocenters. The van der Waals surface area contributed by atoms with Gasteiger partial charge in [-0.1, -0.05) is 0 Å². The zero-order chi connectivity index (χ0) is 11.5. The van der Waals surface area contributed by atoms with Crippen molar-refractivity contribution in [2.45, 2.75) is 6.92 Å². The minimum Gasteiger partial charge on any atom is -0.318 e. The third-order valence-electron chi connectivity index (χ3n) is 1.85. The van der Waals surface area contributed by atoms with Gasteiger partial charge in [-0.05, 0) is 12.1 Å². The summed E-state index contributed by atoms with van der Waals surface area (Å²) in [5, 5.41) is 3.29. The first kappa shape index (κ1) is 10.6. The Bertz CT molecular complexity index is 516. The largest absolute Gasteiger partial charge is 0.318 e. The summed E-state index contributed by atoms with van der Waals surface area (Å²) < 4.78 is 1.39. The van der Waals surface area contributed by atoms with Crippen LogP contribution in [0.3, 0.4) is 0 Å². The molecule has 6 heteroatoms. The molecule has 5 nitrogen and oxygen atoms in total. The summed E-state index contributed by atoms with van der Waals surface area (Å²) >= 11 is 1.24. The fourth-order valence-electron chi connectivity index (χ4n) is 1.20. The van der Waals surface area contributed by atoms with E-state index in [1.807, 2.05) is 0 Å². The van der Waals surface area contributed by atoms with Crippen LogP contribution in [0, 0.1) is 0 Å². The molecule has 2 rings (SSSR count). The van der Waals surface area contributed by atoms with Gasteiger partial charge < -0.3 is 5.32 Å². The number of aromatic nitrogens is 2. The molecular weight excluding hydrogens is 226 g/mol. The zero-order valence-corrected chi connectivity index (χ0v) is 9.32. The average molecular weight is 235 g/mol. The summed E-state index contributed by atoms with van der Waals surface area (Å²) in [5.41, 5.74) is 0. The molecule has 2 aromatic heterocycles. The number of hydrogen-bond acceptors (Lipinski definition) is 4. The first-order chi connectivity index (χ1) is 7.66. The van der Waals surface area contributed by atoms with Crippen LogP contribution < -0.4 is 5.32 Å². The molecule has 0 aliphatic heterocycles. The van der Waals surface area contributed by atoms with Gasteiger partial charge in [-0.25, -0.2) is 4.98 Å². The van der Waals surface area contributed by atoms with Gasteiger partial charge in [-0.3, -0.25) is 14.2 Å². The first-order valence-corrected chi connectivity index (χ1v) is 5.38. The van der Waals surface area contributed by atoms with Crippen LogP contribution in [-0.4, -0.2) is 21.4 Å². The van der Waals surface area contributed by atoms with E-state index in [4.69, 9.17) is 0 Å². The van der Waals surface area contributed by atoms with Crippen LogP contribution in [0.25, 0.3) is 0 Å². The molecule has 2 heterocycles. The molecule has 0 saturated heterocycles. The smallest absolute Gasteiger partial charge is 0.273 e. The number of rotatable bonds is 2. The van der Waals surface area contributed by atoms with Crippen molar-refractivity contribution in [2.75, 3.05) is 5.32 Å². The second-order valence-corrected chi connectivity index (χ2v) is 4.20. The van der Waals surface area contributed by atoms with E-state index in [0.29, 0.717) is 9.88 Å². The Hall–Kier alpha value is -1.95. The van der Waals surface area contributed by atoms with Gasteiger partial charge in [-0.15, -0.1) is 11.3 Å². The van der Waals surface area contributed by atoms with Crippen molar-refractivity contribution < 1.29 is 9.59 Å².